The summed E-state index contributed by atoms with van der Waals surface area (Å²) in [6, 6.07) is 18.3. The molecule has 2 atom stereocenters. The number of amides is 2. The van der Waals surface area contributed by atoms with Crippen LogP contribution < -0.4 is 19.5 Å². The summed E-state index contributed by atoms with van der Waals surface area (Å²) in [6.45, 7) is 0.832. The number of likely N-dealkylation sites (tertiary alicyclic amines) is 1. The molecule has 4 rings (SSSR count). The molecule has 3 aromatic rings. The third-order valence-electron chi connectivity index (χ3n) is 6.50. The zero-order valence-electron chi connectivity index (χ0n) is 20.5. The molecule has 7 nitrogen and oxygen atoms in total. The SMILES string of the molecule is COc1ccc(C(=O)N2CC(C(=O)NCc3ccc(F)cc3)C(c3cc(OC)ccc3OC)C2)cc1. The lowest BCUT2D eigenvalue weighted by Crippen LogP contribution is -2.35. The molecule has 0 bridgehead atoms. The Morgan fingerprint density at radius 1 is 0.889 bits per heavy atom. The van der Waals surface area contributed by atoms with Crippen LogP contribution in [0.15, 0.2) is 66.7 Å². The Labute approximate surface area is 209 Å². The minimum Gasteiger partial charge on any atom is -0.497 e. The molecule has 1 N–H and O–H groups in total. The fraction of sp³-hybridized carbons (Fsp3) is 0.286. The summed E-state index contributed by atoms with van der Waals surface area (Å²) in [6.07, 6.45) is 0. The van der Waals surface area contributed by atoms with E-state index >= 15 is 0 Å². The zero-order chi connectivity index (χ0) is 25.7. The van der Waals surface area contributed by atoms with Crippen LogP contribution in [-0.4, -0.2) is 51.1 Å². The standard InChI is InChI=1S/C28H29FN2O5/c1-34-21-10-6-19(7-11-21)28(33)31-16-24(23-14-22(35-2)12-13-26(23)36-3)25(17-31)27(32)30-15-18-4-8-20(29)9-5-18/h4-14,24-25H,15-17H2,1-3H3,(H,30,32). The number of nitrogens with one attached hydrogen (secondary N) is 1. The number of carbonyl (C=O) groups is 2. The molecule has 1 fully saturated rings. The lowest BCUT2D eigenvalue weighted by atomic mass is 9.87. The fourth-order valence-corrected chi connectivity index (χ4v) is 4.52. The van der Waals surface area contributed by atoms with E-state index in [0.29, 0.717) is 29.4 Å². The molecular formula is C28H29FN2O5. The van der Waals surface area contributed by atoms with Crippen molar-refractivity contribution in [1.29, 1.82) is 0 Å². The van der Waals surface area contributed by atoms with Gasteiger partial charge in [-0.3, -0.25) is 9.59 Å². The van der Waals surface area contributed by atoms with E-state index in [4.69, 9.17) is 14.2 Å². The number of carbonyl (C=O) groups excluding carboxylic acids is 2. The van der Waals surface area contributed by atoms with Gasteiger partial charge >= 0.3 is 0 Å². The van der Waals surface area contributed by atoms with Crippen LogP contribution in [0.4, 0.5) is 4.39 Å². The van der Waals surface area contributed by atoms with Gasteiger partial charge in [0.05, 0.1) is 27.2 Å². The molecule has 0 aromatic heterocycles. The quantitative estimate of drug-likeness (QED) is 0.514. The second kappa shape index (κ2) is 11.1. The van der Waals surface area contributed by atoms with Crippen molar-refractivity contribution < 1.29 is 28.2 Å². The van der Waals surface area contributed by atoms with Gasteiger partial charge in [-0.15, -0.1) is 0 Å². The Balaban J connectivity index is 1.61. The monoisotopic (exact) mass is 492 g/mol. The van der Waals surface area contributed by atoms with Crippen molar-refractivity contribution in [3.05, 3.63) is 89.2 Å². The molecule has 0 saturated carbocycles. The molecule has 2 amide bonds. The molecule has 1 saturated heterocycles. The Bertz CT molecular complexity index is 1210. The summed E-state index contributed by atoms with van der Waals surface area (Å²) in [5.41, 5.74) is 2.09. The third kappa shape index (κ3) is 5.43. The van der Waals surface area contributed by atoms with Crippen LogP contribution in [0.3, 0.4) is 0 Å². The van der Waals surface area contributed by atoms with Crippen molar-refractivity contribution >= 4 is 11.8 Å². The summed E-state index contributed by atoms with van der Waals surface area (Å²) < 4.78 is 29.4. The maximum Gasteiger partial charge on any atom is 0.253 e. The van der Waals surface area contributed by atoms with Gasteiger partial charge in [0, 0.05) is 36.7 Å². The fourth-order valence-electron chi connectivity index (χ4n) is 4.52. The van der Waals surface area contributed by atoms with E-state index in [1.807, 2.05) is 6.07 Å². The number of nitrogens with zero attached hydrogens (tertiary/aromatic N) is 1. The lowest BCUT2D eigenvalue weighted by molar-refractivity contribution is -0.125. The molecule has 1 aliphatic heterocycles. The van der Waals surface area contributed by atoms with Crippen molar-refractivity contribution in [2.24, 2.45) is 5.92 Å². The zero-order valence-corrected chi connectivity index (χ0v) is 20.5. The Hall–Kier alpha value is -4.07. The summed E-state index contributed by atoms with van der Waals surface area (Å²) in [7, 11) is 4.72. The Morgan fingerprint density at radius 2 is 1.56 bits per heavy atom. The van der Waals surface area contributed by atoms with Crippen LogP contribution in [-0.2, 0) is 11.3 Å². The van der Waals surface area contributed by atoms with E-state index in [2.05, 4.69) is 5.32 Å². The average Bonchev–Trinajstić information content (AvgIpc) is 3.37. The Morgan fingerprint density at radius 3 is 2.19 bits per heavy atom. The summed E-state index contributed by atoms with van der Waals surface area (Å²) >= 11 is 0. The summed E-state index contributed by atoms with van der Waals surface area (Å²) in [4.78, 5) is 28.4. The van der Waals surface area contributed by atoms with Crippen LogP contribution in [0, 0.1) is 11.7 Å². The highest BCUT2D eigenvalue weighted by atomic mass is 19.1. The van der Waals surface area contributed by atoms with E-state index in [-0.39, 0.29) is 36.6 Å². The Kier molecular flexibility index (Phi) is 7.73. The van der Waals surface area contributed by atoms with Crippen LogP contribution in [0.25, 0.3) is 0 Å². The van der Waals surface area contributed by atoms with Crippen LogP contribution in [0.2, 0.25) is 0 Å². The van der Waals surface area contributed by atoms with Gasteiger partial charge in [0.25, 0.3) is 5.91 Å². The van der Waals surface area contributed by atoms with Gasteiger partial charge in [0.15, 0.2) is 0 Å². The molecule has 2 unspecified atom stereocenters. The first kappa shape index (κ1) is 25.0. The predicted molar refractivity (Wildman–Crippen MR) is 133 cm³/mol. The van der Waals surface area contributed by atoms with Gasteiger partial charge in [-0.05, 0) is 60.2 Å². The average molecular weight is 493 g/mol. The molecule has 1 heterocycles. The number of ether oxygens (including phenoxy) is 3. The second-order valence-electron chi connectivity index (χ2n) is 8.60. The number of hydrogen-bond donors (Lipinski definition) is 1. The maximum atomic E-state index is 13.4. The van der Waals surface area contributed by atoms with E-state index < -0.39 is 5.92 Å². The summed E-state index contributed by atoms with van der Waals surface area (Å²) in [5.74, 6) is 0.382. The molecule has 3 aromatic carbocycles. The van der Waals surface area contributed by atoms with Gasteiger partial charge in [-0.1, -0.05) is 12.1 Å². The third-order valence-corrected chi connectivity index (χ3v) is 6.50. The largest absolute Gasteiger partial charge is 0.497 e. The number of benzene rings is 3. The minimum atomic E-state index is -0.520. The molecule has 0 spiro atoms. The number of hydrogen-bond acceptors (Lipinski definition) is 5. The van der Waals surface area contributed by atoms with Crippen LogP contribution in [0.5, 0.6) is 17.2 Å². The lowest BCUT2D eigenvalue weighted by Gasteiger charge is -2.21. The smallest absolute Gasteiger partial charge is 0.253 e. The second-order valence-corrected chi connectivity index (χ2v) is 8.60. The molecule has 0 aliphatic carbocycles. The van der Waals surface area contributed by atoms with Crippen LogP contribution >= 0.6 is 0 Å². The van der Waals surface area contributed by atoms with Gasteiger partial charge < -0.3 is 24.4 Å². The van der Waals surface area contributed by atoms with Crippen molar-refractivity contribution in [3.63, 3.8) is 0 Å². The molecular weight excluding hydrogens is 463 g/mol. The van der Waals surface area contributed by atoms with E-state index in [1.54, 1.807) is 74.8 Å². The van der Waals surface area contributed by atoms with Gasteiger partial charge in [-0.2, -0.15) is 0 Å². The van der Waals surface area contributed by atoms with Crippen LogP contribution in [0.1, 0.15) is 27.4 Å². The molecule has 1 aliphatic rings. The molecule has 0 radical (unpaired) electrons. The first-order valence-electron chi connectivity index (χ1n) is 11.6. The normalized spacial score (nSPS) is 16.9. The number of methoxy groups -OCH3 is 3. The van der Waals surface area contributed by atoms with Gasteiger partial charge in [0.2, 0.25) is 5.91 Å². The molecule has 8 heteroatoms. The minimum absolute atomic E-state index is 0.168. The van der Waals surface area contributed by atoms with Crippen molar-refractivity contribution in [2.45, 2.75) is 12.5 Å². The highest BCUT2D eigenvalue weighted by Gasteiger charge is 2.42. The maximum absolute atomic E-state index is 13.4. The highest BCUT2D eigenvalue weighted by molar-refractivity contribution is 5.95. The topological polar surface area (TPSA) is 77.1 Å². The first-order chi connectivity index (χ1) is 17.4. The van der Waals surface area contributed by atoms with Crippen molar-refractivity contribution in [1.82, 2.24) is 10.2 Å². The first-order valence-corrected chi connectivity index (χ1v) is 11.6. The predicted octanol–water partition coefficient (Wildman–Crippen LogP) is 4.02. The van der Waals surface area contributed by atoms with Gasteiger partial charge in [-0.25, -0.2) is 4.39 Å². The van der Waals surface area contributed by atoms with E-state index in [9.17, 15) is 14.0 Å². The number of halogens is 1. The molecule has 188 valence electrons. The van der Waals surface area contributed by atoms with E-state index in [0.717, 1.165) is 11.1 Å². The molecule has 36 heavy (non-hydrogen) atoms. The highest BCUT2D eigenvalue weighted by Crippen LogP contribution is 2.40. The van der Waals surface area contributed by atoms with Gasteiger partial charge in [0.1, 0.15) is 23.1 Å². The number of rotatable bonds is 8. The van der Waals surface area contributed by atoms with E-state index in [1.165, 1.54) is 12.1 Å². The van der Waals surface area contributed by atoms with Crippen molar-refractivity contribution in [3.8, 4) is 17.2 Å². The summed E-state index contributed by atoms with van der Waals surface area (Å²) in [5, 5.41) is 2.95. The van der Waals surface area contributed by atoms with Crippen molar-refractivity contribution in [2.75, 3.05) is 34.4 Å².